The minimum absolute atomic E-state index is 0.301. The summed E-state index contributed by atoms with van der Waals surface area (Å²) < 4.78 is 4.78. The molecule has 82 valence electrons. The molecule has 0 aromatic carbocycles. The van der Waals surface area contributed by atoms with Gasteiger partial charge in [-0.3, -0.25) is 0 Å². The molecule has 0 aromatic heterocycles. The lowest BCUT2D eigenvalue weighted by molar-refractivity contribution is -0.145. The van der Waals surface area contributed by atoms with Crippen molar-refractivity contribution in [2.45, 2.75) is 19.4 Å². The highest BCUT2D eigenvalue weighted by atomic mass is 32.2. The molecule has 5 nitrogen and oxygen atoms in total. The fourth-order valence-corrected chi connectivity index (χ4v) is 1.37. The van der Waals surface area contributed by atoms with Crippen LogP contribution in [0.15, 0.2) is 0 Å². The van der Waals surface area contributed by atoms with Crippen LogP contribution >= 0.6 is 11.8 Å². The number of nitrogens with one attached hydrogen (secondary N) is 1. The maximum atomic E-state index is 11.3. The van der Waals surface area contributed by atoms with Crippen molar-refractivity contribution in [2.75, 3.05) is 18.6 Å². The van der Waals surface area contributed by atoms with Crippen LogP contribution in [0.2, 0.25) is 0 Å². The monoisotopic (exact) mass is 220 g/mol. The Morgan fingerprint density at radius 3 is 2.64 bits per heavy atom. The summed E-state index contributed by atoms with van der Waals surface area (Å²) in [5, 5.41) is 2.35. The van der Waals surface area contributed by atoms with E-state index in [0.717, 1.165) is 5.75 Å². The third-order valence-corrected chi connectivity index (χ3v) is 2.14. The van der Waals surface area contributed by atoms with Gasteiger partial charge < -0.3 is 15.8 Å². The summed E-state index contributed by atoms with van der Waals surface area (Å²) in [6.45, 7) is 2.02. The van der Waals surface area contributed by atoms with Crippen molar-refractivity contribution < 1.29 is 14.3 Å². The molecule has 14 heavy (non-hydrogen) atoms. The number of hydrogen-bond acceptors (Lipinski definition) is 4. The summed E-state index contributed by atoms with van der Waals surface area (Å²) in [7, 11) is 0. The normalized spacial score (nSPS) is 11.9. The summed E-state index contributed by atoms with van der Waals surface area (Å²) in [6, 6.07) is -1.33. The van der Waals surface area contributed by atoms with Crippen molar-refractivity contribution in [1.29, 1.82) is 0 Å². The van der Waals surface area contributed by atoms with Gasteiger partial charge in [0.25, 0.3) is 0 Å². The van der Waals surface area contributed by atoms with Gasteiger partial charge >= 0.3 is 12.0 Å². The van der Waals surface area contributed by atoms with E-state index in [9.17, 15) is 9.59 Å². The number of primary amides is 1. The van der Waals surface area contributed by atoms with Crippen molar-refractivity contribution in [1.82, 2.24) is 5.32 Å². The quantitative estimate of drug-likeness (QED) is 0.632. The first-order valence-electron chi connectivity index (χ1n) is 4.33. The molecule has 0 aromatic rings. The molecule has 0 aliphatic rings. The standard InChI is InChI=1S/C8H16N2O3S/c1-3-13-7(11)6(4-5-14-2)10-8(9)12/h6H,3-5H2,1-2H3,(H3,9,10,12). The Labute approximate surface area is 87.7 Å². The van der Waals surface area contributed by atoms with E-state index in [1.165, 1.54) is 0 Å². The molecule has 0 aliphatic heterocycles. The smallest absolute Gasteiger partial charge is 0.328 e. The van der Waals surface area contributed by atoms with Crippen LogP contribution in [-0.4, -0.2) is 36.7 Å². The van der Waals surface area contributed by atoms with Gasteiger partial charge in [-0.05, 0) is 25.4 Å². The Kier molecular flexibility index (Phi) is 7.00. The van der Waals surface area contributed by atoms with Crippen molar-refractivity contribution in [3.8, 4) is 0 Å². The molecule has 0 saturated heterocycles. The molecule has 0 fully saturated rings. The van der Waals surface area contributed by atoms with Gasteiger partial charge in [-0.15, -0.1) is 0 Å². The van der Waals surface area contributed by atoms with Crippen LogP contribution in [-0.2, 0) is 9.53 Å². The molecule has 1 unspecified atom stereocenters. The van der Waals surface area contributed by atoms with E-state index in [-0.39, 0.29) is 0 Å². The van der Waals surface area contributed by atoms with Gasteiger partial charge in [-0.1, -0.05) is 0 Å². The van der Waals surface area contributed by atoms with Gasteiger partial charge in [0.05, 0.1) is 6.61 Å². The molecule has 1 atom stereocenters. The van der Waals surface area contributed by atoms with Crippen LogP contribution in [0.5, 0.6) is 0 Å². The molecule has 0 bridgehead atoms. The van der Waals surface area contributed by atoms with E-state index >= 15 is 0 Å². The van der Waals surface area contributed by atoms with E-state index in [1.807, 2.05) is 6.26 Å². The van der Waals surface area contributed by atoms with Crippen molar-refractivity contribution in [2.24, 2.45) is 5.73 Å². The number of esters is 1. The zero-order chi connectivity index (χ0) is 11.0. The molecule has 0 aliphatic carbocycles. The number of rotatable bonds is 6. The molecule has 3 N–H and O–H groups in total. The SMILES string of the molecule is CCOC(=O)C(CCSC)NC(N)=O. The second kappa shape index (κ2) is 7.49. The first-order chi connectivity index (χ1) is 6.61. The second-order valence-corrected chi connectivity index (χ2v) is 3.58. The lowest BCUT2D eigenvalue weighted by Gasteiger charge is -2.14. The van der Waals surface area contributed by atoms with Gasteiger partial charge in [0.2, 0.25) is 0 Å². The minimum Gasteiger partial charge on any atom is -0.464 e. The van der Waals surface area contributed by atoms with Crippen LogP contribution in [0.1, 0.15) is 13.3 Å². The topological polar surface area (TPSA) is 81.4 Å². The molecule has 0 heterocycles. The number of hydrogen-bond donors (Lipinski definition) is 2. The number of carbonyl (C=O) groups is 2. The molecule has 0 radical (unpaired) electrons. The first kappa shape index (κ1) is 13.1. The van der Waals surface area contributed by atoms with Crippen LogP contribution in [0, 0.1) is 0 Å². The molecule has 0 saturated carbocycles. The van der Waals surface area contributed by atoms with Gasteiger partial charge in [-0.25, -0.2) is 9.59 Å². The van der Waals surface area contributed by atoms with Gasteiger partial charge in [-0.2, -0.15) is 11.8 Å². The summed E-state index contributed by atoms with van der Waals surface area (Å²) >= 11 is 1.59. The van der Waals surface area contributed by atoms with Crippen LogP contribution in [0.25, 0.3) is 0 Å². The fourth-order valence-electron chi connectivity index (χ4n) is 0.899. The Hall–Kier alpha value is -0.910. The van der Waals surface area contributed by atoms with E-state index in [0.29, 0.717) is 13.0 Å². The van der Waals surface area contributed by atoms with E-state index < -0.39 is 18.0 Å². The first-order valence-corrected chi connectivity index (χ1v) is 5.72. The van der Waals surface area contributed by atoms with Crippen molar-refractivity contribution in [3.05, 3.63) is 0 Å². The Balaban J connectivity index is 4.08. The highest BCUT2D eigenvalue weighted by Crippen LogP contribution is 2.02. The van der Waals surface area contributed by atoms with E-state index in [1.54, 1.807) is 18.7 Å². The van der Waals surface area contributed by atoms with Crippen LogP contribution in [0.3, 0.4) is 0 Å². The summed E-state index contributed by atoms with van der Waals surface area (Å²) in [5.74, 6) is 0.337. The molecule has 6 heteroatoms. The largest absolute Gasteiger partial charge is 0.464 e. The van der Waals surface area contributed by atoms with Crippen molar-refractivity contribution in [3.63, 3.8) is 0 Å². The third kappa shape index (κ3) is 5.69. The Morgan fingerprint density at radius 1 is 1.57 bits per heavy atom. The molecular formula is C8H16N2O3S. The summed E-state index contributed by atoms with van der Waals surface area (Å²) in [5.41, 5.74) is 4.93. The average Bonchev–Trinajstić information content (AvgIpc) is 2.12. The van der Waals surface area contributed by atoms with Crippen LogP contribution in [0.4, 0.5) is 4.79 Å². The maximum Gasteiger partial charge on any atom is 0.328 e. The zero-order valence-electron chi connectivity index (χ0n) is 8.41. The van der Waals surface area contributed by atoms with Gasteiger partial charge in [0, 0.05) is 0 Å². The third-order valence-electron chi connectivity index (χ3n) is 1.50. The van der Waals surface area contributed by atoms with E-state index in [2.05, 4.69) is 5.32 Å². The lowest BCUT2D eigenvalue weighted by atomic mass is 10.2. The predicted octanol–water partition coefficient (Wildman–Crippen LogP) is 0.340. The summed E-state index contributed by atoms with van der Waals surface area (Å²) in [6.07, 6.45) is 2.45. The fraction of sp³-hybridized carbons (Fsp3) is 0.750. The van der Waals surface area contributed by atoms with E-state index in [4.69, 9.17) is 10.5 Å². The summed E-state index contributed by atoms with van der Waals surface area (Å²) in [4.78, 5) is 21.9. The lowest BCUT2D eigenvalue weighted by Crippen LogP contribution is -2.44. The average molecular weight is 220 g/mol. The second-order valence-electron chi connectivity index (χ2n) is 2.59. The van der Waals surface area contributed by atoms with Crippen molar-refractivity contribution >= 4 is 23.8 Å². The predicted molar refractivity (Wildman–Crippen MR) is 56.1 cm³/mol. The van der Waals surface area contributed by atoms with Crippen LogP contribution < -0.4 is 11.1 Å². The minimum atomic E-state index is -0.704. The molecular weight excluding hydrogens is 204 g/mol. The highest BCUT2D eigenvalue weighted by Gasteiger charge is 2.19. The Bertz CT molecular complexity index is 199. The molecule has 0 spiro atoms. The number of amides is 2. The maximum absolute atomic E-state index is 11.3. The Morgan fingerprint density at radius 2 is 2.21 bits per heavy atom. The molecule has 2 amide bonds. The zero-order valence-corrected chi connectivity index (χ0v) is 9.23. The number of urea groups is 1. The number of carbonyl (C=O) groups excluding carboxylic acids is 2. The number of thioether (sulfide) groups is 1. The number of ether oxygens (including phenoxy) is 1. The van der Waals surface area contributed by atoms with Gasteiger partial charge in [0.1, 0.15) is 6.04 Å². The van der Waals surface area contributed by atoms with Gasteiger partial charge in [0.15, 0.2) is 0 Å². The molecule has 0 rings (SSSR count). The highest BCUT2D eigenvalue weighted by molar-refractivity contribution is 7.98. The number of nitrogens with two attached hydrogens (primary N) is 1.